The van der Waals surface area contributed by atoms with Crippen molar-refractivity contribution in [1.29, 1.82) is 0 Å². The maximum Gasteiger partial charge on any atom is 0.436 e. The maximum absolute atomic E-state index is 13.1. The molecule has 1 aromatic heterocycles. The van der Waals surface area contributed by atoms with Crippen LogP contribution < -0.4 is 0 Å². The van der Waals surface area contributed by atoms with Gasteiger partial charge in [0.25, 0.3) is 0 Å². The Morgan fingerprint density at radius 2 is 1.88 bits per heavy atom. The van der Waals surface area contributed by atoms with Gasteiger partial charge in [-0.25, -0.2) is 9.48 Å². The molecule has 9 heteroatoms. The van der Waals surface area contributed by atoms with Gasteiger partial charge >= 0.3 is 12.1 Å². The molecule has 0 aliphatic rings. The number of ether oxygens (including phenoxy) is 1. The van der Waals surface area contributed by atoms with E-state index in [1.807, 2.05) is 0 Å². The molecular formula is C15H12BrF3N2O3. The van der Waals surface area contributed by atoms with Gasteiger partial charge in [0.2, 0.25) is 0 Å². The number of aromatic nitrogens is 2. The first-order valence-electron chi connectivity index (χ1n) is 6.81. The van der Waals surface area contributed by atoms with Gasteiger partial charge in [0, 0.05) is 11.8 Å². The van der Waals surface area contributed by atoms with Gasteiger partial charge in [-0.15, -0.1) is 0 Å². The topological polar surface area (TPSA) is 61.2 Å². The molecule has 24 heavy (non-hydrogen) atoms. The number of hydrogen-bond acceptors (Lipinski definition) is 4. The second-order valence-corrected chi connectivity index (χ2v) is 5.22. The number of alkyl halides is 4. The van der Waals surface area contributed by atoms with E-state index in [2.05, 4.69) is 25.8 Å². The number of halogens is 4. The first-order chi connectivity index (χ1) is 11.3. The fourth-order valence-electron chi connectivity index (χ4n) is 1.95. The van der Waals surface area contributed by atoms with Crippen LogP contribution in [0.3, 0.4) is 0 Å². The molecule has 0 saturated carbocycles. The summed E-state index contributed by atoms with van der Waals surface area (Å²) in [5.74, 6) is -1.26. The molecule has 0 fully saturated rings. The average Bonchev–Trinajstić information content (AvgIpc) is 3.00. The molecule has 0 amide bonds. The zero-order valence-corrected chi connectivity index (χ0v) is 14.0. The zero-order valence-electron chi connectivity index (χ0n) is 12.4. The van der Waals surface area contributed by atoms with E-state index in [0.717, 1.165) is 10.9 Å². The molecule has 0 spiro atoms. The Morgan fingerprint density at radius 1 is 1.25 bits per heavy atom. The van der Waals surface area contributed by atoms with Crippen LogP contribution in [-0.4, -0.2) is 33.5 Å². The SMILES string of the molecule is CCOC(=O)c1cn(-c2ccc(C(=O)CBr)cc2)nc1C(F)(F)F. The number of esters is 1. The van der Waals surface area contributed by atoms with Crippen LogP contribution in [0.4, 0.5) is 13.2 Å². The summed E-state index contributed by atoms with van der Waals surface area (Å²) in [6.07, 6.45) is -3.83. The quantitative estimate of drug-likeness (QED) is 0.433. The van der Waals surface area contributed by atoms with E-state index in [0.29, 0.717) is 5.56 Å². The maximum atomic E-state index is 13.1. The molecule has 0 bridgehead atoms. The lowest BCUT2D eigenvalue weighted by Crippen LogP contribution is -2.14. The molecule has 5 nitrogen and oxygen atoms in total. The van der Waals surface area contributed by atoms with Crippen LogP contribution in [0.5, 0.6) is 0 Å². The minimum absolute atomic E-state index is 0.0509. The number of Topliss-reactive ketones (excluding diaryl/α,β-unsaturated/α-hetero) is 1. The van der Waals surface area contributed by atoms with Gasteiger partial charge in [-0.1, -0.05) is 15.9 Å². The van der Waals surface area contributed by atoms with Gasteiger partial charge < -0.3 is 4.74 Å². The molecule has 2 rings (SSSR count). The van der Waals surface area contributed by atoms with Crippen molar-refractivity contribution < 1.29 is 27.5 Å². The molecule has 0 aliphatic carbocycles. The normalized spacial score (nSPS) is 11.4. The van der Waals surface area contributed by atoms with Crippen LogP contribution in [0.25, 0.3) is 5.69 Å². The van der Waals surface area contributed by atoms with Crippen molar-refractivity contribution in [2.45, 2.75) is 13.1 Å². The van der Waals surface area contributed by atoms with E-state index in [4.69, 9.17) is 0 Å². The van der Waals surface area contributed by atoms with Crippen molar-refractivity contribution in [3.63, 3.8) is 0 Å². The number of carbonyl (C=O) groups excluding carboxylic acids is 2. The first kappa shape index (κ1) is 18.2. The molecule has 1 heterocycles. The van der Waals surface area contributed by atoms with Gasteiger partial charge in [0.15, 0.2) is 11.5 Å². The number of rotatable bonds is 5. The lowest BCUT2D eigenvalue weighted by Gasteiger charge is -2.05. The monoisotopic (exact) mass is 404 g/mol. The van der Waals surface area contributed by atoms with Gasteiger partial charge in [0.05, 0.1) is 17.6 Å². The molecule has 0 unspecified atom stereocenters. The summed E-state index contributed by atoms with van der Waals surface area (Å²) in [5, 5.41) is 3.58. The minimum Gasteiger partial charge on any atom is -0.462 e. The van der Waals surface area contributed by atoms with E-state index in [1.54, 1.807) is 0 Å². The van der Waals surface area contributed by atoms with Crippen molar-refractivity contribution >= 4 is 27.7 Å². The van der Waals surface area contributed by atoms with Gasteiger partial charge in [-0.3, -0.25) is 4.79 Å². The second-order valence-electron chi connectivity index (χ2n) is 4.66. The summed E-state index contributed by atoms with van der Waals surface area (Å²) in [6, 6.07) is 5.83. The number of ketones is 1. The van der Waals surface area contributed by atoms with E-state index < -0.39 is 23.4 Å². The van der Waals surface area contributed by atoms with Crippen molar-refractivity contribution in [3.8, 4) is 5.69 Å². The van der Waals surface area contributed by atoms with Crippen molar-refractivity contribution in [3.05, 3.63) is 47.3 Å². The predicted molar refractivity (Wildman–Crippen MR) is 82.6 cm³/mol. The van der Waals surface area contributed by atoms with Gasteiger partial charge in [-0.05, 0) is 31.2 Å². The second kappa shape index (κ2) is 7.16. The van der Waals surface area contributed by atoms with Crippen LogP contribution in [0, 0.1) is 0 Å². The molecular weight excluding hydrogens is 393 g/mol. The van der Waals surface area contributed by atoms with Crippen LogP contribution in [0.2, 0.25) is 0 Å². The highest BCUT2D eigenvalue weighted by atomic mass is 79.9. The Bertz CT molecular complexity index is 754. The molecule has 0 N–H and O–H groups in total. The highest BCUT2D eigenvalue weighted by Crippen LogP contribution is 2.31. The minimum atomic E-state index is -4.79. The summed E-state index contributed by atoms with van der Waals surface area (Å²) in [5.41, 5.74) is -1.29. The van der Waals surface area contributed by atoms with Gasteiger partial charge in [-0.2, -0.15) is 18.3 Å². The molecule has 2 aromatic rings. The highest BCUT2D eigenvalue weighted by molar-refractivity contribution is 9.09. The highest BCUT2D eigenvalue weighted by Gasteiger charge is 2.39. The third-order valence-corrected chi connectivity index (χ3v) is 3.56. The van der Waals surface area contributed by atoms with E-state index in [9.17, 15) is 22.8 Å². The summed E-state index contributed by atoms with van der Waals surface area (Å²) in [7, 11) is 0. The fraction of sp³-hybridized carbons (Fsp3) is 0.267. The molecule has 0 atom stereocenters. The Hall–Kier alpha value is -2.16. The van der Waals surface area contributed by atoms with Crippen LogP contribution in [-0.2, 0) is 10.9 Å². The summed E-state index contributed by atoms with van der Waals surface area (Å²) >= 11 is 3.04. The lowest BCUT2D eigenvalue weighted by molar-refractivity contribution is -0.141. The van der Waals surface area contributed by atoms with Gasteiger partial charge in [0.1, 0.15) is 5.56 Å². The third-order valence-electron chi connectivity index (χ3n) is 3.05. The van der Waals surface area contributed by atoms with E-state index in [-0.39, 0.29) is 23.4 Å². The Labute approximate surface area is 143 Å². The van der Waals surface area contributed by atoms with Crippen molar-refractivity contribution in [2.24, 2.45) is 0 Å². The summed E-state index contributed by atoms with van der Waals surface area (Å²) < 4.78 is 44.7. The Morgan fingerprint density at radius 3 is 2.38 bits per heavy atom. The van der Waals surface area contributed by atoms with Crippen LogP contribution in [0.15, 0.2) is 30.5 Å². The number of nitrogens with zero attached hydrogens (tertiary/aromatic N) is 2. The van der Waals surface area contributed by atoms with Crippen molar-refractivity contribution in [1.82, 2.24) is 9.78 Å². The number of carbonyl (C=O) groups is 2. The first-order valence-corrected chi connectivity index (χ1v) is 7.93. The molecule has 0 saturated heterocycles. The number of benzene rings is 1. The summed E-state index contributed by atoms with van der Waals surface area (Å²) in [4.78, 5) is 23.2. The van der Waals surface area contributed by atoms with Crippen LogP contribution in [0.1, 0.15) is 33.3 Å². The number of hydrogen-bond donors (Lipinski definition) is 0. The van der Waals surface area contributed by atoms with Crippen LogP contribution >= 0.6 is 15.9 Å². The van der Waals surface area contributed by atoms with E-state index in [1.165, 1.54) is 31.2 Å². The lowest BCUT2D eigenvalue weighted by atomic mass is 10.1. The van der Waals surface area contributed by atoms with Crippen molar-refractivity contribution in [2.75, 3.05) is 11.9 Å². The summed E-state index contributed by atoms with van der Waals surface area (Å²) in [6.45, 7) is 1.44. The zero-order chi connectivity index (χ0) is 17.9. The smallest absolute Gasteiger partial charge is 0.436 e. The molecule has 128 valence electrons. The Balaban J connectivity index is 2.44. The third kappa shape index (κ3) is 3.84. The average molecular weight is 405 g/mol. The van der Waals surface area contributed by atoms with E-state index >= 15 is 0 Å². The standard InChI is InChI=1S/C15H12BrF3N2O3/c1-2-24-14(23)11-8-21(20-13(11)15(17,18)19)10-5-3-9(4-6-10)12(22)7-16/h3-6,8H,2,7H2,1H3. The Kier molecular flexibility index (Phi) is 5.43. The molecule has 1 aromatic carbocycles. The largest absolute Gasteiger partial charge is 0.462 e. The predicted octanol–water partition coefficient (Wildman–Crippen LogP) is 3.65. The fourth-order valence-corrected chi connectivity index (χ4v) is 2.27. The molecule has 0 aliphatic heterocycles. The molecule has 0 radical (unpaired) electrons.